The number of aromatic carboxylic acids is 1. The molecule has 3 aromatic rings. The van der Waals surface area contributed by atoms with Gasteiger partial charge in [-0.25, -0.2) is 4.79 Å². The van der Waals surface area contributed by atoms with Crippen LogP contribution in [0.25, 0.3) is 0 Å². The molecule has 0 saturated heterocycles. The van der Waals surface area contributed by atoms with Gasteiger partial charge >= 0.3 is 5.97 Å². The minimum Gasteiger partial charge on any atom is -0.486 e. The van der Waals surface area contributed by atoms with E-state index >= 15 is 0 Å². The summed E-state index contributed by atoms with van der Waals surface area (Å²) in [4.78, 5) is 22.9. The molecule has 0 radical (unpaired) electrons. The lowest BCUT2D eigenvalue weighted by molar-refractivity contribution is 0.0658. The zero-order valence-corrected chi connectivity index (χ0v) is 14.6. The SMILES string of the molecule is O=C(NCCc1ccccc1)c1ccc(OCc2ccc(C(=O)O)o2)cc1. The number of carboxylic acid groups (broad SMARTS) is 1. The maximum atomic E-state index is 12.2. The fourth-order valence-electron chi connectivity index (χ4n) is 2.49. The first-order chi connectivity index (χ1) is 13.1. The Labute approximate surface area is 156 Å². The van der Waals surface area contributed by atoms with E-state index in [1.165, 1.54) is 11.6 Å². The summed E-state index contributed by atoms with van der Waals surface area (Å²) in [5, 5.41) is 11.7. The fourth-order valence-corrected chi connectivity index (χ4v) is 2.49. The number of amides is 1. The van der Waals surface area contributed by atoms with Crippen molar-refractivity contribution in [2.45, 2.75) is 13.0 Å². The number of ether oxygens (including phenoxy) is 1. The molecule has 2 N–H and O–H groups in total. The summed E-state index contributed by atoms with van der Waals surface area (Å²) < 4.78 is 10.7. The minimum atomic E-state index is -1.12. The van der Waals surface area contributed by atoms with Gasteiger partial charge < -0.3 is 19.6 Å². The molecule has 2 aromatic carbocycles. The van der Waals surface area contributed by atoms with Crippen molar-refractivity contribution in [2.75, 3.05) is 6.54 Å². The molecule has 1 heterocycles. The number of rotatable bonds is 8. The van der Waals surface area contributed by atoms with Crippen LogP contribution in [0.3, 0.4) is 0 Å². The zero-order chi connectivity index (χ0) is 19.1. The van der Waals surface area contributed by atoms with Crippen LogP contribution < -0.4 is 10.1 Å². The number of nitrogens with one attached hydrogen (secondary N) is 1. The van der Waals surface area contributed by atoms with Gasteiger partial charge in [-0.3, -0.25) is 4.79 Å². The van der Waals surface area contributed by atoms with Crippen LogP contribution >= 0.6 is 0 Å². The zero-order valence-electron chi connectivity index (χ0n) is 14.6. The van der Waals surface area contributed by atoms with E-state index in [1.807, 2.05) is 30.3 Å². The molecule has 6 nitrogen and oxygen atoms in total. The summed E-state index contributed by atoms with van der Waals surface area (Å²) in [6.07, 6.45) is 0.773. The number of benzene rings is 2. The topological polar surface area (TPSA) is 88.8 Å². The van der Waals surface area contributed by atoms with Gasteiger partial charge in [0.25, 0.3) is 5.91 Å². The van der Waals surface area contributed by atoms with Crippen molar-refractivity contribution in [1.82, 2.24) is 5.32 Å². The molecule has 1 amide bonds. The lowest BCUT2D eigenvalue weighted by Crippen LogP contribution is -2.25. The molecule has 0 spiro atoms. The van der Waals surface area contributed by atoms with Crippen molar-refractivity contribution in [3.8, 4) is 5.75 Å². The molecule has 0 aliphatic carbocycles. The van der Waals surface area contributed by atoms with Crippen LogP contribution in [0, 0.1) is 0 Å². The minimum absolute atomic E-state index is 0.107. The molecule has 0 aliphatic rings. The molecule has 0 atom stereocenters. The number of furan rings is 1. The highest BCUT2D eigenvalue weighted by Crippen LogP contribution is 2.16. The average Bonchev–Trinajstić information content (AvgIpc) is 3.17. The lowest BCUT2D eigenvalue weighted by atomic mass is 10.1. The Morgan fingerprint density at radius 1 is 0.963 bits per heavy atom. The molecule has 0 fully saturated rings. The highest BCUT2D eigenvalue weighted by Gasteiger charge is 2.10. The van der Waals surface area contributed by atoms with E-state index in [4.69, 9.17) is 14.3 Å². The molecular weight excluding hydrogens is 346 g/mol. The quantitative estimate of drug-likeness (QED) is 0.637. The van der Waals surface area contributed by atoms with Gasteiger partial charge in [0.2, 0.25) is 5.76 Å². The summed E-state index contributed by atoms with van der Waals surface area (Å²) in [6.45, 7) is 0.668. The van der Waals surface area contributed by atoms with Gasteiger partial charge in [0.15, 0.2) is 0 Å². The van der Waals surface area contributed by atoms with Gasteiger partial charge in [0, 0.05) is 12.1 Å². The molecule has 6 heteroatoms. The molecule has 0 saturated carbocycles. The van der Waals surface area contributed by atoms with Gasteiger partial charge in [0.1, 0.15) is 18.1 Å². The van der Waals surface area contributed by atoms with E-state index < -0.39 is 5.97 Å². The first-order valence-corrected chi connectivity index (χ1v) is 8.49. The van der Waals surface area contributed by atoms with Gasteiger partial charge in [-0.15, -0.1) is 0 Å². The Kier molecular flexibility index (Phi) is 5.89. The fraction of sp³-hybridized carbons (Fsp3) is 0.143. The molecule has 1 aromatic heterocycles. The van der Waals surface area contributed by atoms with Gasteiger partial charge in [-0.2, -0.15) is 0 Å². The van der Waals surface area contributed by atoms with Crippen LogP contribution in [0.1, 0.15) is 32.2 Å². The lowest BCUT2D eigenvalue weighted by Gasteiger charge is -2.07. The Balaban J connectivity index is 1.47. The van der Waals surface area contributed by atoms with Crippen LogP contribution in [0.2, 0.25) is 0 Å². The highest BCUT2D eigenvalue weighted by molar-refractivity contribution is 5.94. The second-order valence-corrected chi connectivity index (χ2v) is 5.88. The van der Waals surface area contributed by atoms with E-state index in [9.17, 15) is 9.59 Å². The molecular formula is C21H19NO5. The largest absolute Gasteiger partial charge is 0.486 e. The van der Waals surface area contributed by atoms with Crippen molar-refractivity contribution < 1.29 is 23.8 Å². The summed E-state index contributed by atoms with van der Waals surface area (Å²) >= 11 is 0. The molecule has 3 rings (SSSR count). The Hall–Kier alpha value is -3.54. The number of carboxylic acids is 1. The van der Waals surface area contributed by atoms with Crippen molar-refractivity contribution in [2.24, 2.45) is 0 Å². The van der Waals surface area contributed by atoms with Crippen LogP contribution in [0.5, 0.6) is 5.75 Å². The molecule has 27 heavy (non-hydrogen) atoms. The second kappa shape index (κ2) is 8.71. The van der Waals surface area contributed by atoms with Gasteiger partial charge in [-0.05, 0) is 48.4 Å². The third kappa shape index (κ3) is 5.22. The first kappa shape index (κ1) is 18.3. The number of carbonyl (C=O) groups is 2. The van der Waals surface area contributed by atoms with Crippen LogP contribution in [0.15, 0.2) is 71.1 Å². The van der Waals surface area contributed by atoms with Crippen molar-refractivity contribution >= 4 is 11.9 Å². The summed E-state index contributed by atoms with van der Waals surface area (Å²) in [6, 6.07) is 19.6. The smallest absolute Gasteiger partial charge is 0.371 e. The van der Waals surface area contributed by atoms with E-state index in [0.717, 1.165) is 6.42 Å². The third-order valence-electron chi connectivity index (χ3n) is 3.91. The Morgan fingerprint density at radius 2 is 1.70 bits per heavy atom. The standard InChI is InChI=1S/C21H19NO5/c23-20(22-13-12-15-4-2-1-3-5-15)16-6-8-17(9-7-16)26-14-18-10-11-19(27-18)21(24)25/h1-11H,12-14H2,(H,22,23)(H,24,25). The third-order valence-corrected chi connectivity index (χ3v) is 3.91. The van der Waals surface area contributed by atoms with Crippen LogP contribution in [0.4, 0.5) is 0 Å². The summed E-state index contributed by atoms with van der Waals surface area (Å²) in [5.41, 5.74) is 1.71. The Morgan fingerprint density at radius 3 is 2.37 bits per heavy atom. The van der Waals surface area contributed by atoms with Gasteiger partial charge in [-0.1, -0.05) is 30.3 Å². The summed E-state index contributed by atoms with van der Waals surface area (Å²) in [5.74, 6) is -0.422. The molecule has 138 valence electrons. The maximum Gasteiger partial charge on any atom is 0.371 e. The van der Waals surface area contributed by atoms with E-state index in [-0.39, 0.29) is 18.3 Å². The average molecular weight is 365 g/mol. The number of carbonyl (C=O) groups excluding carboxylic acids is 1. The van der Waals surface area contributed by atoms with E-state index in [0.29, 0.717) is 23.6 Å². The first-order valence-electron chi connectivity index (χ1n) is 8.49. The Bertz CT molecular complexity index is 900. The van der Waals surface area contributed by atoms with Crippen LogP contribution in [-0.4, -0.2) is 23.5 Å². The molecule has 0 aliphatic heterocycles. The van der Waals surface area contributed by atoms with Crippen molar-refractivity contribution in [3.63, 3.8) is 0 Å². The van der Waals surface area contributed by atoms with E-state index in [1.54, 1.807) is 30.3 Å². The summed E-state index contributed by atoms with van der Waals surface area (Å²) in [7, 11) is 0. The maximum absolute atomic E-state index is 12.2. The number of hydrogen-bond donors (Lipinski definition) is 2. The molecule has 0 unspecified atom stereocenters. The highest BCUT2D eigenvalue weighted by atomic mass is 16.5. The van der Waals surface area contributed by atoms with Crippen molar-refractivity contribution in [3.05, 3.63) is 89.4 Å². The van der Waals surface area contributed by atoms with Crippen molar-refractivity contribution in [1.29, 1.82) is 0 Å². The van der Waals surface area contributed by atoms with Gasteiger partial charge in [0.05, 0.1) is 0 Å². The monoisotopic (exact) mass is 365 g/mol. The van der Waals surface area contributed by atoms with E-state index in [2.05, 4.69) is 5.32 Å². The molecule has 0 bridgehead atoms. The van der Waals surface area contributed by atoms with Crippen LogP contribution in [-0.2, 0) is 13.0 Å². The second-order valence-electron chi connectivity index (χ2n) is 5.88. The number of hydrogen-bond acceptors (Lipinski definition) is 4. The predicted octanol–water partition coefficient (Wildman–Crippen LogP) is 3.53. The normalized spacial score (nSPS) is 10.4. The predicted molar refractivity (Wildman–Crippen MR) is 98.9 cm³/mol.